The van der Waals surface area contributed by atoms with Crippen molar-refractivity contribution in [3.8, 4) is 11.5 Å². The summed E-state index contributed by atoms with van der Waals surface area (Å²) in [6, 6.07) is 10.3. The van der Waals surface area contributed by atoms with E-state index in [1.165, 1.54) is 6.07 Å². The predicted molar refractivity (Wildman–Crippen MR) is 121 cm³/mol. The molecular weight excluding hydrogens is 471 g/mol. The molecule has 0 radical (unpaired) electrons. The van der Waals surface area contributed by atoms with E-state index in [1.807, 2.05) is 19.1 Å². The summed E-state index contributed by atoms with van der Waals surface area (Å²) in [5.41, 5.74) is 4.75. The van der Waals surface area contributed by atoms with Crippen molar-refractivity contribution in [2.75, 3.05) is 12.0 Å². The van der Waals surface area contributed by atoms with Crippen molar-refractivity contribution in [3.63, 3.8) is 0 Å². The van der Waals surface area contributed by atoms with Gasteiger partial charge in [-0.15, -0.1) is 0 Å². The summed E-state index contributed by atoms with van der Waals surface area (Å²) in [7, 11) is 0. The number of rotatable bonds is 10. The molecule has 0 saturated heterocycles. The zero-order valence-electron chi connectivity index (χ0n) is 16.9. The average molecular weight is 495 g/mol. The second kappa shape index (κ2) is 10.6. The summed E-state index contributed by atoms with van der Waals surface area (Å²) < 4.78 is 28.7. The zero-order chi connectivity index (χ0) is 21.5. The Morgan fingerprint density at radius 1 is 1.17 bits per heavy atom. The molecule has 6 nitrogen and oxygen atoms in total. The van der Waals surface area contributed by atoms with E-state index >= 15 is 0 Å². The van der Waals surface area contributed by atoms with Gasteiger partial charge in [0.05, 0.1) is 13.2 Å². The SMILES string of the molecule is CCCc1n[nH]c(=S)n1NCc1cc(OCC)c(OCc2ccccc2F)cc1Br. The van der Waals surface area contributed by atoms with Crippen LogP contribution in [0.1, 0.15) is 37.2 Å². The van der Waals surface area contributed by atoms with Crippen LogP contribution in [0.25, 0.3) is 0 Å². The summed E-state index contributed by atoms with van der Waals surface area (Å²) in [6.07, 6.45) is 1.78. The number of nitrogens with zero attached hydrogens (tertiary/aromatic N) is 2. The van der Waals surface area contributed by atoms with Crippen molar-refractivity contribution in [2.45, 2.75) is 39.8 Å². The highest BCUT2D eigenvalue weighted by Crippen LogP contribution is 2.34. The van der Waals surface area contributed by atoms with Crippen molar-refractivity contribution in [3.05, 3.63) is 68.4 Å². The number of ether oxygens (including phenoxy) is 2. The molecule has 3 rings (SSSR count). The van der Waals surface area contributed by atoms with Crippen LogP contribution in [-0.2, 0) is 19.6 Å². The molecule has 0 unspecified atom stereocenters. The summed E-state index contributed by atoms with van der Waals surface area (Å²) in [6.45, 7) is 5.09. The predicted octanol–water partition coefficient (Wildman–Crippen LogP) is 5.52. The molecular formula is C21H24BrFN4O2S. The number of hydrogen-bond acceptors (Lipinski definition) is 5. The molecule has 1 aromatic heterocycles. The number of halogens is 2. The Balaban J connectivity index is 1.78. The molecule has 0 spiro atoms. The van der Waals surface area contributed by atoms with Gasteiger partial charge in [-0.05, 0) is 49.3 Å². The molecule has 0 atom stereocenters. The summed E-state index contributed by atoms with van der Waals surface area (Å²) in [5, 5.41) is 7.07. The first-order valence-electron chi connectivity index (χ1n) is 9.75. The van der Waals surface area contributed by atoms with Crippen molar-refractivity contribution in [2.24, 2.45) is 0 Å². The molecule has 0 amide bonds. The summed E-state index contributed by atoms with van der Waals surface area (Å²) in [4.78, 5) is 0. The first-order chi connectivity index (χ1) is 14.5. The van der Waals surface area contributed by atoms with E-state index < -0.39 is 0 Å². The standard InChI is InChI=1S/C21H24BrFN4O2S/c1-3-7-20-25-26-21(30)27(20)24-12-15-10-18(28-4-2)19(11-16(15)22)29-13-14-8-5-6-9-17(14)23/h5-6,8-11,24H,3-4,7,12-13H2,1-2H3,(H,26,30). The van der Waals surface area contributed by atoms with Gasteiger partial charge in [-0.1, -0.05) is 41.1 Å². The number of nitrogens with one attached hydrogen (secondary N) is 2. The van der Waals surface area contributed by atoms with Crippen LogP contribution in [0.3, 0.4) is 0 Å². The Hall–Kier alpha value is -2.39. The normalized spacial score (nSPS) is 10.8. The maximum absolute atomic E-state index is 13.9. The highest BCUT2D eigenvalue weighted by molar-refractivity contribution is 9.10. The monoisotopic (exact) mass is 494 g/mol. The van der Waals surface area contributed by atoms with Gasteiger partial charge >= 0.3 is 0 Å². The molecule has 0 fully saturated rings. The molecule has 0 aliphatic heterocycles. The van der Waals surface area contributed by atoms with Crippen LogP contribution in [0, 0.1) is 10.6 Å². The van der Waals surface area contributed by atoms with E-state index in [9.17, 15) is 4.39 Å². The lowest BCUT2D eigenvalue weighted by molar-refractivity contribution is 0.265. The molecule has 160 valence electrons. The number of H-pyrrole nitrogens is 1. The van der Waals surface area contributed by atoms with Crippen molar-refractivity contribution in [1.29, 1.82) is 0 Å². The van der Waals surface area contributed by atoms with E-state index in [4.69, 9.17) is 21.7 Å². The summed E-state index contributed by atoms with van der Waals surface area (Å²) >= 11 is 8.91. The van der Waals surface area contributed by atoms with Crippen molar-refractivity contribution >= 4 is 28.1 Å². The minimum atomic E-state index is -0.296. The van der Waals surface area contributed by atoms with Crippen LogP contribution in [0.5, 0.6) is 11.5 Å². The first-order valence-corrected chi connectivity index (χ1v) is 10.9. The Morgan fingerprint density at radius 3 is 2.67 bits per heavy atom. The Bertz CT molecular complexity index is 1050. The largest absolute Gasteiger partial charge is 0.490 e. The summed E-state index contributed by atoms with van der Waals surface area (Å²) in [5.74, 6) is 1.70. The van der Waals surface area contributed by atoms with E-state index in [2.05, 4.69) is 38.5 Å². The number of aryl methyl sites for hydroxylation is 1. The fraction of sp³-hybridized carbons (Fsp3) is 0.333. The molecule has 2 N–H and O–H groups in total. The topological polar surface area (TPSA) is 64.1 Å². The van der Waals surface area contributed by atoms with Gasteiger partial charge < -0.3 is 14.9 Å². The average Bonchev–Trinajstić information content (AvgIpc) is 3.08. The molecule has 30 heavy (non-hydrogen) atoms. The number of aromatic amines is 1. The minimum Gasteiger partial charge on any atom is -0.490 e. The van der Waals surface area contributed by atoms with E-state index in [1.54, 1.807) is 22.9 Å². The number of aromatic nitrogens is 3. The Labute approximate surface area is 188 Å². The fourth-order valence-electron chi connectivity index (χ4n) is 2.91. The van der Waals surface area contributed by atoms with E-state index in [0.717, 1.165) is 28.7 Å². The second-order valence-corrected chi connectivity index (χ2v) is 7.81. The van der Waals surface area contributed by atoms with Crippen LogP contribution in [0.15, 0.2) is 40.9 Å². The number of benzene rings is 2. The van der Waals surface area contributed by atoms with Gasteiger partial charge in [0.15, 0.2) is 17.3 Å². The third kappa shape index (κ3) is 5.40. The van der Waals surface area contributed by atoms with Gasteiger partial charge in [0.1, 0.15) is 12.4 Å². The maximum Gasteiger partial charge on any atom is 0.214 e. The van der Waals surface area contributed by atoms with Crippen molar-refractivity contribution in [1.82, 2.24) is 14.9 Å². The van der Waals surface area contributed by atoms with Gasteiger partial charge in [-0.3, -0.25) is 5.10 Å². The lowest BCUT2D eigenvalue weighted by Crippen LogP contribution is -2.18. The molecule has 3 aromatic rings. The minimum absolute atomic E-state index is 0.112. The van der Waals surface area contributed by atoms with Crippen molar-refractivity contribution < 1.29 is 13.9 Å². The molecule has 0 saturated carbocycles. The molecule has 1 heterocycles. The fourth-order valence-corrected chi connectivity index (χ4v) is 3.59. The number of hydrogen-bond donors (Lipinski definition) is 2. The maximum atomic E-state index is 13.9. The van der Waals surface area contributed by atoms with Gasteiger partial charge in [0.2, 0.25) is 4.77 Å². The Kier molecular flexibility index (Phi) is 7.87. The van der Waals surface area contributed by atoms with Gasteiger partial charge in [-0.2, -0.15) is 5.10 Å². The third-order valence-electron chi connectivity index (χ3n) is 4.40. The lowest BCUT2D eigenvalue weighted by Gasteiger charge is -2.16. The van der Waals surface area contributed by atoms with Crippen LogP contribution >= 0.6 is 28.1 Å². The van der Waals surface area contributed by atoms with Crippen LogP contribution in [-0.4, -0.2) is 21.5 Å². The van der Waals surface area contributed by atoms with Crippen LogP contribution in [0.2, 0.25) is 0 Å². The zero-order valence-corrected chi connectivity index (χ0v) is 19.3. The quantitative estimate of drug-likeness (QED) is 0.363. The molecule has 0 aliphatic rings. The molecule has 0 bridgehead atoms. The van der Waals surface area contributed by atoms with Gasteiger partial charge in [0.25, 0.3) is 0 Å². The smallest absolute Gasteiger partial charge is 0.214 e. The molecule has 2 aromatic carbocycles. The van der Waals surface area contributed by atoms with Gasteiger partial charge in [-0.25, -0.2) is 9.07 Å². The van der Waals surface area contributed by atoms with E-state index in [0.29, 0.717) is 35.0 Å². The second-order valence-electron chi connectivity index (χ2n) is 6.57. The highest BCUT2D eigenvalue weighted by atomic mass is 79.9. The Morgan fingerprint density at radius 2 is 1.93 bits per heavy atom. The van der Waals surface area contributed by atoms with Crippen LogP contribution < -0.4 is 14.9 Å². The van der Waals surface area contributed by atoms with E-state index in [-0.39, 0.29) is 12.4 Å². The highest BCUT2D eigenvalue weighted by Gasteiger charge is 2.13. The molecule has 0 aliphatic carbocycles. The van der Waals surface area contributed by atoms with Crippen LogP contribution in [0.4, 0.5) is 4.39 Å². The first kappa shape index (κ1) is 22.3. The van der Waals surface area contributed by atoms with Gasteiger partial charge in [0, 0.05) is 16.5 Å². The lowest BCUT2D eigenvalue weighted by atomic mass is 10.2. The molecule has 9 heteroatoms. The third-order valence-corrected chi connectivity index (χ3v) is 5.41.